The number of rotatable bonds is 11. The number of anilines is 2. The van der Waals surface area contributed by atoms with Gasteiger partial charge in [0, 0.05) is 22.3 Å². The number of nitrogens with zero attached hydrogens (tertiary/aromatic N) is 2. The molecule has 4 rings (SSSR count). The quantitative estimate of drug-likeness (QED) is 0.154. The van der Waals surface area contributed by atoms with Crippen molar-refractivity contribution >= 4 is 28.1 Å². The molecule has 40 heavy (non-hydrogen) atoms. The Morgan fingerprint density at radius 2 is 1.62 bits per heavy atom. The number of benzene rings is 4. The molecule has 0 atom stereocenters. The molecular formula is C34H32FN3O2. The van der Waals surface area contributed by atoms with Crippen molar-refractivity contribution < 1.29 is 13.9 Å². The van der Waals surface area contributed by atoms with Crippen LogP contribution < -0.4 is 5.32 Å². The van der Waals surface area contributed by atoms with E-state index < -0.39 is 5.82 Å². The molecular weight excluding hydrogens is 501 g/mol. The topological polar surface area (TPSA) is 85.9 Å². The van der Waals surface area contributed by atoms with E-state index in [0.717, 1.165) is 44.1 Å². The number of carbonyl (C=O) groups is 1. The summed E-state index contributed by atoms with van der Waals surface area (Å²) in [5.41, 5.74) is 4.51. The SMILES string of the molecule is CCCCCc1ccc(-c2c(C#N)c(C#N)cc3cc(F)cc(Nc4ccc(C(=O)OCCCC)cc4)c23)cc1. The summed E-state index contributed by atoms with van der Waals surface area (Å²) in [5.74, 6) is -0.865. The van der Waals surface area contributed by atoms with Crippen LogP contribution in [0.4, 0.5) is 15.8 Å². The lowest BCUT2D eigenvalue weighted by atomic mass is 9.89. The van der Waals surface area contributed by atoms with Crippen molar-refractivity contribution in [3.05, 3.63) is 94.8 Å². The lowest BCUT2D eigenvalue weighted by Crippen LogP contribution is -2.06. The van der Waals surface area contributed by atoms with Crippen molar-refractivity contribution in [1.29, 1.82) is 10.5 Å². The van der Waals surface area contributed by atoms with Crippen LogP contribution in [-0.2, 0) is 11.2 Å². The fourth-order valence-electron chi connectivity index (χ4n) is 4.75. The Labute approximate surface area is 234 Å². The maximum atomic E-state index is 14.8. The lowest BCUT2D eigenvalue weighted by molar-refractivity contribution is 0.0500. The third kappa shape index (κ3) is 6.47. The number of fused-ring (bicyclic) bond motifs is 1. The number of aryl methyl sites for hydroxylation is 1. The fourth-order valence-corrected chi connectivity index (χ4v) is 4.75. The average Bonchev–Trinajstić information content (AvgIpc) is 2.97. The molecule has 0 aliphatic rings. The maximum Gasteiger partial charge on any atom is 0.338 e. The monoisotopic (exact) mass is 533 g/mol. The standard InChI is InChI=1S/C34H32FN3O2/c1-3-5-7-8-23-9-11-24(12-10-23)32-30(22-37)27(21-36)18-26-19-28(35)20-31(33(26)32)38-29-15-13-25(14-16-29)34(39)40-17-6-4-2/h9-16,18-20,38H,3-8,17H2,1-2H3. The van der Waals surface area contributed by atoms with Gasteiger partial charge in [0.2, 0.25) is 0 Å². The number of ether oxygens (including phenoxy) is 1. The largest absolute Gasteiger partial charge is 0.462 e. The van der Waals surface area contributed by atoms with Gasteiger partial charge in [0.15, 0.2) is 0 Å². The number of esters is 1. The van der Waals surface area contributed by atoms with Crippen molar-refractivity contribution in [3.63, 3.8) is 0 Å². The van der Waals surface area contributed by atoms with Gasteiger partial charge in [-0.2, -0.15) is 10.5 Å². The van der Waals surface area contributed by atoms with E-state index in [-0.39, 0.29) is 17.1 Å². The van der Waals surface area contributed by atoms with Gasteiger partial charge in [-0.05, 0) is 78.2 Å². The molecule has 0 saturated carbocycles. The van der Waals surface area contributed by atoms with Crippen LogP contribution in [0, 0.1) is 28.5 Å². The van der Waals surface area contributed by atoms with Gasteiger partial charge >= 0.3 is 5.97 Å². The molecule has 0 amide bonds. The Morgan fingerprint density at radius 3 is 2.27 bits per heavy atom. The molecule has 4 aromatic rings. The van der Waals surface area contributed by atoms with Crippen LogP contribution >= 0.6 is 0 Å². The number of nitriles is 2. The van der Waals surface area contributed by atoms with E-state index in [1.807, 2.05) is 31.2 Å². The summed E-state index contributed by atoms with van der Waals surface area (Å²) in [6.07, 6.45) is 6.13. The molecule has 5 nitrogen and oxygen atoms in total. The highest BCUT2D eigenvalue weighted by Gasteiger charge is 2.19. The summed E-state index contributed by atoms with van der Waals surface area (Å²) in [6, 6.07) is 23.4. The predicted molar refractivity (Wildman–Crippen MR) is 157 cm³/mol. The smallest absolute Gasteiger partial charge is 0.338 e. The first-order chi connectivity index (χ1) is 19.5. The molecule has 0 aromatic heterocycles. The van der Waals surface area contributed by atoms with Crippen LogP contribution in [0.15, 0.2) is 66.7 Å². The van der Waals surface area contributed by atoms with Gasteiger partial charge in [-0.3, -0.25) is 0 Å². The van der Waals surface area contributed by atoms with Crippen LogP contribution in [0.25, 0.3) is 21.9 Å². The Morgan fingerprint density at radius 1 is 0.900 bits per heavy atom. The van der Waals surface area contributed by atoms with Crippen molar-refractivity contribution in [2.75, 3.05) is 11.9 Å². The van der Waals surface area contributed by atoms with Crippen LogP contribution in [-0.4, -0.2) is 12.6 Å². The van der Waals surface area contributed by atoms with E-state index in [4.69, 9.17) is 4.74 Å². The summed E-state index contributed by atoms with van der Waals surface area (Å²) in [5, 5.41) is 24.3. The Kier molecular flexibility index (Phi) is 9.49. The molecule has 202 valence electrons. The number of unbranched alkanes of at least 4 members (excludes halogenated alkanes) is 3. The van der Waals surface area contributed by atoms with Crippen molar-refractivity contribution in [3.8, 4) is 23.3 Å². The molecule has 1 N–H and O–H groups in total. The molecule has 0 aliphatic carbocycles. The Bertz CT molecular complexity index is 1580. The highest BCUT2D eigenvalue weighted by Crippen LogP contribution is 2.40. The third-order valence-electron chi connectivity index (χ3n) is 6.88. The van der Waals surface area contributed by atoms with Gasteiger partial charge in [-0.15, -0.1) is 0 Å². The molecule has 0 spiro atoms. The molecule has 6 heteroatoms. The molecule has 0 radical (unpaired) electrons. The van der Waals surface area contributed by atoms with Crippen LogP contribution in [0.1, 0.15) is 73.0 Å². The highest BCUT2D eigenvalue weighted by molar-refractivity contribution is 6.08. The van der Waals surface area contributed by atoms with Crippen molar-refractivity contribution in [1.82, 2.24) is 0 Å². The summed E-state index contributed by atoms with van der Waals surface area (Å²) in [6.45, 7) is 4.57. The average molecular weight is 534 g/mol. The predicted octanol–water partition coefficient (Wildman–Crippen LogP) is 8.82. The zero-order chi connectivity index (χ0) is 28.5. The second kappa shape index (κ2) is 13.4. The van der Waals surface area contributed by atoms with Crippen LogP contribution in [0.3, 0.4) is 0 Å². The van der Waals surface area contributed by atoms with E-state index in [1.54, 1.807) is 30.3 Å². The minimum absolute atomic E-state index is 0.194. The number of halogens is 1. The van der Waals surface area contributed by atoms with E-state index in [0.29, 0.717) is 39.9 Å². The zero-order valence-corrected chi connectivity index (χ0v) is 22.9. The molecule has 0 unspecified atom stereocenters. The number of carbonyl (C=O) groups excluding carboxylic acids is 1. The van der Waals surface area contributed by atoms with Gasteiger partial charge in [0.25, 0.3) is 0 Å². The summed E-state index contributed by atoms with van der Waals surface area (Å²) >= 11 is 0. The zero-order valence-electron chi connectivity index (χ0n) is 22.9. The van der Waals surface area contributed by atoms with Crippen LogP contribution in [0.2, 0.25) is 0 Å². The molecule has 0 aliphatic heterocycles. The van der Waals surface area contributed by atoms with Gasteiger partial charge in [-0.25, -0.2) is 9.18 Å². The van der Waals surface area contributed by atoms with Gasteiger partial charge in [0.05, 0.1) is 23.3 Å². The highest BCUT2D eigenvalue weighted by atomic mass is 19.1. The van der Waals surface area contributed by atoms with E-state index in [9.17, 15) is 19.7 Å². The minimum atomic E-state index is -0.475. The molecule has 0 heterocycles. The van der Waals surface area contributed by atoms with E-state index in [1.165, 1.54) is 17.7 Å². The fraction of sp³-hybridized carbons (Fsp3) is 0.265. The number of nitrogens with one attached hydrogen (secondary N) is 1. The first kappa shape index (κ1) is 28.3. The van der Waals surface area contributed by atoms with Gasteiger partial charge < -0.3 is 10.1 Å². The molecule has 0 fully saturated rings. The first-order valence-electron chi connectivity index (χ1n) is 13.7. The second-order valence-corrected chi connectivity index (χ2v) is 9.80. The van der Waals surface area contributed by atoms with Gasteiger partial charge in [0.1, 0.15) is 18.0 Å². The Hall–Kier alpha value is -4.68. The Balaban J connectivity index is 1.77. The first-order valence-corrected chi connectivity index (χ1v) is 13.7. The summed E-state index contributed by atoms with van der Waals surface area (Å²) in [4.78, 5) is 12.3. The minimum Gasteiger partial charge on any atom is -0.462 e. The number of hydrogen-bond donors (Lipinski definition) is 1. The molecule has 4 aromatic carbocycles. The summed E-state index contributed by atoms with van der Waals surface area (Å²) in [7, 11) is 0. The summed E-state index contributed by atoms with van der Waals surface area (Å²) < 4.78 is 20.1. The van der Waals surface area contributed by atoms with Crippen molar-refractivity contribution in [2.45, 2.75) is 52.4 Å². The maximum absolute atomic E-state index is 14.8. The third-order valence-corrected chi connectivity index (χ3v) is 6.88. The van der Waals surface area contributed by atoms with E-state index >= 15 is 0 Å². The second-order valence-electron chi connectivity index (χ2n) is 9.80. The lowest BCUT2D eigenvalue weighted by Gasteiger charge is -2.17. The molecule has 0 bridgehead atoms. The van der Waals surface area contributed by atoms with Crippen LogP contribution in [0.5, 0.6) is 0 Å². The van der Waals surface area contributed by atoms with E-state index in [2.05, 4.69) is 24.4 Å². The number of hydrogen-bond acceptors (Lipinski definition) is 5. The van der Waals surface area contributed by atoms with Crippen molar-refractivity contribution in [2.24, 2.45) is 0 Å². The van der Waals surface area contributed by atoms with Gasteiger partial charge in [-0.1, -0.05) is 57.4 Å². The molecule has 0 saturated heterocycles. The normalized spacial score (nSPS) is 10.6.